The molecule has 1 aromatic rings. The summed E-state index contributed by atoms with van der Waals surface area (Å²) in [4.78, 5) is 28.3. The maximum atomic E-state index is 14.4. The van der Waals surface area contributed by atoms with E-state index in [1.807, 2.05) is 0 Å². The van der Waals surface area contributed by atoms with Gasteiger partial charge in [-0.25, -0.2) is 0 Å². The van der Waals surface area contributed by atoms with Crippen LogP contribution in [0.4, 0.5) is 0 Å². The van der Waals surface area contributed by atoms with E-state index in [1.165, 1.54) is 24.5 Å². The van der Waals surface area contributed by atoms with Crippen LogP contribution in [0.2, 0.25) is 0 Å². The van der Waals surface area contributed by atoms with Crippen LogP contribution in [0.25, 0.3) is 0 Å². The summed E-state index contributed by atoms with van der Waals surface area (Å²) in [6.45, 7) is 7.57. The molecule has 2 aliphatic heterocycles. The van der Waals surface area contributed by atoms with E-state index in [0.29, 0.717) is 35.7 Å². The SMILES string of the molecule is COc1c2c(cc3c1[C@H](CC(=O)[C@@H]1CC[C@@H]4[C@@H]5CC=C6C[C@H](OC(C)=O)CC[C@]6(C)[C@@H]5CC[C@@]41C)N(C)CC3)OCO2. The van der Waals surface area contributed by atoms with Crippen LogP contribution in [0, 0.1) is 34.5 Å². The molecule has 2 heterocycles. The molecule has 7 nitrogen and oxygen atoms in total. The van der Waals surface area contributed by atoms with Crippen molar-refractivity contribution < 1.29 is 28.5 Å². The number of esters is 1. The van der Waals surface area contributed by atoms with Crippen LogP contribution in [-0.2, 0) is 20.7 Å². The third-order valence-corrected chi connectivity index (χ3v) is 12.7. The van der Waals surface area contributed by atoms with E-state index in [1.54, 1.807) is 7.11 Å². The van der Waals surface area contributed by atoms with Gasteiger partial charge in [0.15, 0.2) is 11.5 Å². The summed E-state index contributed by atoms with van der Waals surface area (Å²) >= 11 is 0. The van der Waals surface area contributed by atoms with Crippen molar-refractivity contribution in [3.8, 4) is 17.2 Å². The fraction of sp³-hybridized carbons (Fsp3) is 0.714. The Kier molecular flexibility index (Phi) is 6.91. The van der Waals surface area contributed by atoms with Crippen LogP contribution in [0.15, 0.2) is 17.7 Å². The molecule has 7 heteroatoms. The van der Waals surface area contributed by atoms with Crippen molar-refractivity contribution in [2.24, 2.45) is 34.5 Å². The Bertz CT molecular complexity index is 1320. The summed E-state index contributed by atoms with van der Waals surface area (Å²) in [5.74, 6) is 4.42. The molecular formula is C35H47NO6. The van der Waals surface area contributed by atoms with E-state index in [9.17, 15) is 9.59 Å². The Labute approximate surface area is 250 Å². The zero-order valence-electron chi connectivity index (χ0n) is 26.0. The number of hydrogen-bond acceptors (Lipinski definition) is 7. The zero-order chi connectivity index (χ0) is 29.4. The highest BCUT2D eigenvalue weighted by molar-refractivity contribution is 5.83. The van der Waals surface area contributed by atoms with Gasteiger partial charge in [0, 0.05) is 43.8 Å². The Morgan fingerprint density at radius 2 is 1.93 bits per heavy atom. The summed E-state index contributed by atoms with van der Waals surface area (Å²) < 4.78 is 23.0. The molecular weight excluding hydrogens is 530 g/mol. The van der Waals surface area contributed by atoms with Gasteiger partial charge in [-0.3, -0.25) is 14.5 Å². The summed E-state index contributed by atoms with van der Waals surface area (Å²) in [7, 11) is 3.83. The molecule has 3 fully saturated rings. The van der Waals surface area contributed by atoms with E-state index >= 15 is 0 Å². The molecule has 8 atom stereocenters. The lowest BCUT2D eigenvalue weighted by Crippen LogP contribution is -2.51. The molecule has 0 N–H and O–H groups in total. The normalized spacial score (nSPS) is 38.5. The van der Waals surface area contributed by atoms with Gasteiger partial charge in [0.1, 0.15) is 11.9 Å². The molecule has 228 valence electrons. The number of nitrogens with zero attached hydrogens (tertiary/aromatic N) is 1. The number of methoxy groups -OCH3 is 1. The smallest absolute Gasteiger partial charge is 0.302 e. The predicted octanol–water partition coefficient (Wildman–Crippen LogP) is 6.42. The minimum absolute atomic E-state index is 0.0174. The number of rotatable bonds is 5. The quantitative estimate of drug-likeness (QED) is 0.295. The first-order chi connectivity index (χ1) is 20.1. The number of Topliss-reactive ketones (excluding diaryl/α,β-unsaturated/α-hetero) is 1. The second-order valence-electron chi connectivity index (χ2n) is 14.5. The van der Waals surface area contributed by atoms with Gasteiger partial charge in [-0.05, 0) is 98.6 Å². The molecule has 0 saturated heterocycles. The Hall–Kier alpha value is -2.54. The van der Waals surface area contributed by atoms with Crippen LogP contribution >= 0.6 is 0 Å². The van der Waals surface area contributed by atoms with Crippen LogP contribution in [0.5, 0.6) is 17.2 Å². The molecule has 0 amide bonds. The molecule has 42 heavy (non-hydrogen) atoms. The second kappa shape index (κ2) is 10.3. The maximum Gasteiger partial charge on any atom is 0.302 e. The van der Waals surface area contributed by atoms with Crippen molar-refractivity contribution >= 4 is 11.8 Å². The Balaban J connectivity index is 1.11. The molecule has 7 rings (SSSR count). The average molecular weight is 578 g/mol. The lowest BCUT2D eigenvalue weighted by molar-refractivity contribution is -0.149. The second-order valence-corrected chi connectivity index (χ2v) is 14.5. The van der Waals surface area contributed by atoms with E-state index in [0.717, 1.165) is 75.0 Å². The first-order valence-electron chi connectivity index (χ1n) is 16.2. The number of hydrogen-bond donors (Lipinski definition) is 0. The van der Waals surface area contributed by atoms with Gasteiger partial charge in [0.2, 0.25) is 12.5 Å². The van der Waals surface area contributed by atoms with E-state index in [4.69, 9.17) is 18.9 Å². The average Bonchev–Trinajstić information content (AvgIpc) is 3.57. The molecule has 0 aromatic heterocycles. The van der Waals surface area contributed by atoms with Gasteiger partial charge in [0.05, 0.1) is 7.11 Å². The first kappa shape index (κ1) is 28.2. The van der Waals surface area contributed by atoms with Crippen LogP contribution in [0.1, 0.15) is 95.7 Å². The lowest BCUT2D eigenvalue weighted by atomic mass is 9.47. The number of carbonyl (C=O) groups excluding carboxylic acids is 2. The number of ketones is 1. The van der Waals surface area contributed by atoms with Crippen molar-refractivity contribution in [2.75, 3.05) is 27.5 Å². The maximum absolute atomic E-state index is 14.4. The van der Waals surface area contributed by atoms with Gasteiger partial charge in [-0.2, -0.15) is 0 Å². The number of likely N-dealkylation sites (N-methyl/N-ethyl adjacent to an activating group) is 1. The van der Waals surface area contributed by atoms with Crippen molar-refractivity contribution in [2.45, 2.75) is 97.1 Å². The lowest BCUT2D eigenvalue weighted by Gasteiger charge is -2.58. The van der Waals surface area contributed by atoms with Gasteiger partial charge >= 0.3 is 5.97 Å². The van der Waals surface area contributed by atoms with E-state index < -0.39 is 0 Å². The summed E-state index contributed by atoms with van der Waals surface area (Å²) in [5, 5.41) is 0. The number of allylic oxidation sites excluding steroid dienone is 1. The number of carbonyl (C=O) groups is 2. The highest BCUT2D eigenvalue weighted by atomic mass is 16.7. The fourth-order valence-corrected chi connectivity index (χ4v) is 10.6. The predicted molar refractivity (Wildman–Crippen MR) is 159 cm³/mol. The molecule has 4 aliphatic carbocycles. The Morgan fingerprint density at radius 3 is 2.71 bits per heavy atom. The summed E-state index contributed by atoms with van der Waals surface area (Å²) in [5.41, 5.74) is 4.09. The number of ether oxygens (including phenoxy) is 4. The third kappa shape index (κ3) is 4.23. The molecule has 0 unspecified atom stereocenters. The van der Waals surface area contributed by atoms with Gasteiger partial charge in [0.25, 0.3) is 0 Å². The Morgan fingerprint density at radius 1 is 1.10 bits per heavy atom. The van der Waals surface area contributed by atoms with Crippen molar-refractivity contribution in [3.63, 3.8) is 0 Å². The van der Waals surface area contributed by atoms with Gasteiger partial charge in [-0.1, -0.05) is 25.5 Å². The topological polar surface area (TPSA) is 74.3 Å². The molecule has 1 aromatic carbocycles. The standard InChI is InChI=1S/C35H47NO6/c1-20(37)42-23-10-13-34(2)22(17-23)6-7-24-25-8-9-27(35(25,3)14-11-26(24)34)29(38)18-28-31-21(12-15-36(28)4)16-30-32(33(31)39-5)41-19-40-30/h6,16,23-28H,7-15,17-19H2,1-5H3/t23-,24+,25-,26-,27+,28+,34+,35+/m1/s1. The summed E-state index contributed by atoms with van der Waals surface area (Å²) in [6.07, 6.45) is 12.5. The van der Waals surface area contributed by atoms with Gasteiger partial charge in [-0.15, -0.1) is 0 Å². The monoisotopic (exact) mass is 577 g/mol. The number of benzene rings is 1. The molecule has 0 radical (unpaired) electrons. The highest BCUT2D eigenvalue weighted by Crippen LogP contribution is 2.66. The minimum Gasteiger partial charge on any atom is -0.492 e. The highest BCUT2D eigenvalue weighted by Gasteiger charge is 2.60. The van der Waals surface area contributed by atoms with Crippen LogP contribution < -0.4 is 14.2 Å². The number of fused-ring (bicyclic) bond motifs is 7. The summed E-state index contributed by atoms with van der Waals surface area (Å²) in [6, 6.07) is 2.08. The zero-order valence-corrected chi connectivity index (χ0v) is 26.0. The molecule has 3 saturated carbocycles. The van der Waals surface area contributed by atoms with Crippen molar-refractivity contribution in [1.82, 2.24) is 4.90 Å². The van der Waals surface area contributed by atoms with Crippen molar-refractivity contribution in [1.29, 1.82) is 0 Å². The van der Waals surface area contributed by atoms with Gasteiger partial charge < -0.3 is 18.9 Å². The largest absolute Gasteiger partial charge is 0.492 e. The molecule has 0 bridgehead atoms. The first-order valence-corrected chi connectivity index (χ1v) is 16.2. The van der Waals surface area contributed by atoms with Crippen LogP contribution in [-0.4, -0.2) is 50.3 Å². The minimum atomic E-state index is -0.166. The third-order valence-electron chi connectivity index (χ3n) is 12.7. The van der Waals surface area contributed by atoms with E-state index in [2.05, 4.69) is 37.9 Å². The van der Waals surface area contributed by atoms with Crippen LogP contribution in [0.3, 0.4) is 0 Å². The molecule has 0 spiro atoms. The fourth-order valence-electron chi connectivity index (χ4n) is 10.6. The molecule has 6 aliphatic rings. The van der Waals surface area contributed by atoms with Crippen molar-refractivity contribution in [3.05, 3.63) is 28.8 Å². The van der Waals surface area contributed by atoms with E-state index in [-0.39, 0.29) is 41.7 Å².